The summed E-state index contributed by atoms with van der Waals surface area (Å²) in [5, 5.41) is 2.40. The predicted octanol–water partition coefficient (Wildman–Crippen LogP) is 10.5. The summed E-state index contributed by atoms with van der Waals surface area (Å²) >= 11 is 0. The van der Waals surface area contributed by atoms with Gasteiger partial charge in [0.05, 0.1) is 6.61 Å². The molecule has 0 atom stereocenters. The van der Waals surface area contributed by atoms with Gasteiger partial charge in [-0.05, 0) is 59.7 Å². The molecule has 38 heavy (non-hydrogen) atoms. The molecule has 0 bridgehead atoms. The second kappa shape index (κ2) is 16.5. The van der Waals surface area contributed by atoms with Crippen molar-refractivity contribution in [1.82, 2.24) is 9.97 Å². The Morgan fingerprint density at radius 1 is 0.711 bits per heavy atom. The standard InChI is InChI=1S/C35H50N2O/c1-2-3-4-5-6-8-12-19-30-27-36-35(37-28-30)33-21-20-32-26-34(23-22-31(32)25-33)38-24-15-10-7-9-11-16-29-17-13-14-18-29/h20-23,25-29H,2-19,24H2,1H3. The van der Waals surface area contributed by atoms with Crippen LogP contribution in [0.15, 0.2) is 48.8 Å². The van der Waals surface area contributed by atoms with Crippen LogP contribution in [0.5, 0.6) is 5.75 Å². The zero-order chi connectivity index (χ0) is 26.3. The number of hydrogen-bond donors (Lipinski definition) is 0. The number of unbranched alkanes of at least 4 members (excludes halogenated alkanes) is 10. The number of hydrogen-bond acceptors (Lipinski definition) is 3. The summed E-state index contributed by atoms with van der Waals surface area (Å²) in [6.07, 6.45) is 28.4. The molecule has 0 saturated heterocycles. The fourth-order valence-electron chi connectivity index (χ4n) is 5.93. The van der Waals surface area contributed by atoms with Crippen molar-refractivity contribution < 1.29 is 4.74 Å². The number of aromatic nitrogens is 2. The minimum Gasteiger partial charge on any atom is -0.494 e. The molecule has 1 aliphatic carbocycles. The highest BCUT2D eigenvalue weighted by Crippen LogP contribution is 2.29. The van der Waals surface area contributed by atoms with Crippen LogP contribution in [-0.4, -0.2) is 16.6 Å². The van der Waals surface area contributed by atoms with Gasteiger partial charge in [-0.3, -0.25) is 0 Å². The van der Waals surface area contributed by atoms with E-state index >= 15 is 0 Å². The fourth-order valence-corrected chi connectivity index (χ4v) is 5.93. The summed E-state index contributed by atoms with van der Waals surface area (Å²) in [5.41, 5.74) is 2.32. The Balaban J connectivity index is 1.15. The monoisotopic (exact) mass is 514 g/mol. The molecule has 4 rings (SSSR count). The van der Waals surface area contributed by atoms with Gasteiger partial charge in [-0.15, -0.1) is 0 Å². The molecule has 3 nitrogen and oxygen atoms in total. The van der Waals surface area contributed by atoms with Gasteiger partial charge in [0.2, 0.25) is 0 Å². The molecule has 206 valence electrons. The second-order valence-corrected chi connectivity index (χ2v) is 11.6. The van der Waals surface area contributed by atoms with Gasteiger partial charge in [0.1, 0.15) is 5.75 Å². The molecule has 0 unspecified atom stereocenters. The van der Waals surface area contributed by atoms with E-state index in [1.165, 1.54) is 119 Å². The zero-order valence-electron chi connectivity index (χ0n) is 23.9. The summed E-state index contributed by atoms with van der Waals surface area (Å²) in [5.74, 6) is 2.82. The van der Waals surface area contributed by atoms with Crippen LogP contribution < -0.4 is 4.74 Å². The Morgan fingerprint density at radius 2 is 1.37 bits per heavy atom. The normalized spacial score (nSPS) is 13.9. The van der Waals surface area contributed by atoms with Crippen LogP contribution in [0.25, 0.3) is 22.2 Å². The number of benzene rings is 2. The maximum Gasteiger partial charge on any atom is 0.159 e. The van der Waals surface area contributed by atoms with Crippen LogP contribution in [0.4, 0.5) is 0 Å². The highest BCUT2D eigenvalue weighted by atomic mass is 16.5. The maximum absolute atomic E-state index is 6.07. The molecule has 3 heteroatoms. The molecule has 0 amide bonds. The van der Waals surface area contributed by atoms with Crippen molar-refractivity contribution in [1.29, 1.82) is 0 Å². The molecule has 2 aromatic carbocycles. The third-order valence-electron chi connectivity index (χ3n) is 8.34. The van der Waals surface area contributed by atoms with Gasteiger partial charge in [0.25, 0.3) is 0 Å². The highest BCUT2D eigenvalue weighted by Gasteiger charge is 2.13. The quantitative estimate of drug-likeness (QED) is 0.158. The summed E-state index contributed by atoms with van der Waals surface area (Å²) in [7, 11) is 0. The summed E-state index contributed by atoms with van der Waals surface area (Å²) < 4.78 is 6.07. The van der Waals surface area contributed by atoms with E-state index in [-0.39, 0.29) is 0 Å². The molecular formula is C35H50N2O. The van der Waals surface area contributed by atoms with E-state index < -0.39 is 0 Å². The van der Waals surface area contributed by atoms with Crippen molar-refractivity contribution in [2.45, 2.75) is 122 Å². The minimum atomic E-state index is 0.804. The van der Waals surface area contributed by atoms with E-state index in [4.69, 9.17) is 4.74 Å². The van der Waals surface area contributed by atoms with E-state index in [0.29, 0.717) is 0 Å². The van der Waals surface area contributed by atoms with Gasteiger partial charge < -0.3 is 4.74 Å². The maximum atomic E-state index is 6.07. The molecule has 0 aliphatic heterocycles. The van der Waals surface area contributed by atoms with Crippen LogP contribution in [0.1, 0.15) is 122 Å². The molecule has 1 fully saturated rings. The van der Waals surface area contributed by atoms with Crippen molar-refractivity contribution in [3.63, 3.8) is 0 Å². The lowest BCUT2D eigenvalue weighted by Gasteiger charge is -2.09. The van der Waals surface area contributed by atoms with Gasteiger partial charge in [-0.25, -0.2) is 9.97 Å². The Bertz CT molecular complexity index is 1060. The lowest BCUT2D eigenvalue weighted by Crippen LogP contribution is -1.98. The largest absolute Gasteiger partial charge is 0.494 e. The van der Waals surface area contributed by atoms with Crippen molar-refractivity contribution in [2.24, 2.45) is 5.92 Å². The first-order valence-electron chi connectivity index (χ1n) is 15.8. The van der Waals surface area contributed by atoms with Crippen molar-refractivity contribution in [3.05, 3.63) is 54.4 Å². The Kier molecular flexibility index (Phi) is 12.4. The van der Waals surface area contributed by atoms with Gasteiger partial charge in [-0.1, -0.05) is 121 Å². The first-order chi connectivity index (χ1) is 18.8. The number of ether oxygens (including phenoxy) is 1. The van der Waals surface area contributed by atoms with Crippen LogP contribution in [-0.2, 0) is 6.42 Å². The molecular weight excluding hydrogens is 464 g/mol. The molecule has 0 N–H and O–H groups in total. The second-order valence-electron chi connectivity index (χ2n) is 11.6. The molecule has 1 aliphatic rings. The highest BCUT2D eigenvalue weighted by molar-refractivity contribution is 5.87. The first-order valence-corrected chi connectivity index (χ1v) is 15.8. The fraction of sp³-hybridized carbons (Fsp3) is 0.600. The molecule has 0 spiro atoms. The smallest absolute Gasteiger partial charge is 0.159 e. The lowest BCUT2D eigenvalue weighted by molar-refractivity contribution is 0.304. The molecule has 0 radical (unpaired) electrons. The van der Waals surface area contributed by atoms with Crippen molar-refractivity contribution in [2.75, 3.05) is 6.61 Å². The van der Waals surface area contributed by atoms with E-state index in [2.05, 4.69) is 53.3 Å². The summed E-state index contributed by atoms with van der Waals surface area (Å²) in [6, 6.07) is 12.9. The van der Waals surface area contributed by atoms with Crippen LogP contribution >= 0.6 is 0 Å². The van der Waals surface area contributed by atoms with Crippen molar-refractivity contribution in [3.8, 4) is 17.1 Å². The average molecular weight is 515 g/mol. The first kappa shape index (κ1) is 28.6. The summed E-state index contributed by atoms with van der Waals surface area (Å²) in [4.78, 5) is 9.35. The van der Waals surface area contributed by atoms with E-state index in [0.717, 1.165) is 42.5 Å². The van der Waals surface area contributed by atoms with E-state index in [1.54, 1.807) is 0 Å². The van der Waals surface area contributed by atoms with E-state index in [9.17, 15) is 0 Å². The molecule has 1 aromatic heterocycles. The molecule has 1 saturated carbocycles. The number of aryl methyl sites for hydroxylation is 1. The number of fused-ring (bicyclic) bond motifs is 1. The van der Waals surface area contributed by atoms with Gasteiger partial charge in [-0.2, -0.15) is 0 Å². The Labute approximate surface area is 231 Å². The molecule has 3 aromatic rings. The third kappa shape index (κ3) is 9.71. The van der Waals surface area contributed by atoms with Crippen molar-refractivity contribution >= 4 is 10.8 Å². The van der Waals surface area contributed by atoms with Gasteiger partial charge in [0.15, 0.2) is 5.82 Å². The lowest BCUT2D eigenvalue weighted by atomic mass is 9.99. The predicted molar refractivity (Wildman–Crippen MR) is 162 cm³/mol. The Morgan fingerprint density at radius 3 is 2.16 bits per heavy atom. The topological polar surface area (TPSA) is 35.0 Å². The van der Waals surface area contributed by atoms with Crippen LogP contribution in [0.2, 0.25) is 0 Å². The Hall–Kier alpha value is -2.42. The van der Waals surface area contributed by atoms with Crippen LogP contribution in [0.3, 0.4) is 0 Å². The third-order valence-corrected chi connectivity index (χ3v) is 8.34. The van der Waals surface area contributed by atoms with Gasteiger partial charge >= 0.3 is 0 Å². The number of rotatable bonds is 18. The SMILES string of the molecule is CCCCCCCCCc1cnc(-c2ccc3cc(OCCCCCCCC4CCCC4)ccc3c2)nc1. The number of nitrogens with zero attached hydrogens (tertiary/aromatic N) is 2. The average Bonchev–Trinajstić information content (AvgIpc) is 3.48. The zero-order valence-corrected chi connectivity index (χ0v) is 23.9. The minimum absolute atomic E-state index is 0.804. The van der Waals surface area contributed by atoms with Crippen LogP contribution in [0, 0.1) is 5.92 Å². The van der Waals surface area contributed by atoms with E-state index in [1.807, 2.05) is 12.4 Å². The summed E-state index contributed by atoms with van der Waals surface area (Å²) in [6.45, 7) is 3.08. The molecule has 1 heterocycles. The van der Waals surface area contributed by atoms with Gasteiger partial charge in [0, 0.05) is 18.0 Å².